The van der Waals surface area contributed by atoms with Crippen molar-refractivity contribution in [3.63, 3.8) is 0 Å². The van der Waals surface area contributed by atoms with Crippen LogP contribution in [0.1, 0.15) is 29.5 Å². The van der Waals surface area contributed by atoms with Crippen LogP contribution in [0.3, 0.4) is 0 Å². The summed E-state index contributed by atoms with van der Waals surface area (Å²) >= 11 is 11.9. The molecule has 1 aliphatic rings. The van der Waals surface area contributed by atoms with Crippen molar-refractivity contribution < 1.29 is 13.2 Å². The standard InChI is InChI=1S/C17H13Cl2F3N2/c18-13-8-11(17(20,21)22)9-14(19)16(13)24-23-15-7-3-5-10-4-1-2-6-12(10)15/h1-2,4,6,8-9,24H,3,5,7H2. The highest BCUT2D eigenvalue weighted by Crippen LogP contribution is 2.38. The second kappa shape index (κ2) is 6.65. The molecular weight excluding hydrogens is 360 g/mol. The Hall–Kier alpha value is -1.72. The summed E-state index contributed by atoms with van der Waals surface area (Å²) in [5.74, 6) is 0. The van der Waals surface area contributed by atoms with E-state index in [0.29, 0.717) is 0 Å². The second-order valence-corrected chi connectivity index (χ2v) is 6.31. The molecule has 2 nitrogen and oxygen atoms in total. The van der Waals surface area contributed by atoms with Gasteiger partial charge in [-0.25, -0.2) is 0 Å². The van der Waals surface area contributed by atoms with Gasteiger partial charge in [-0.1, -0.05) is 47.5 Å². The second-order valence-electron chi connectivity index (χ2n) is 5.49. The average Bonchev–Trinajstić information content (AvgIpc) is 2.53. The number of benzene rings is 2. The third kappa shape index (κ3) is 3.52. The number of nitrogens with one attached hydrogen (secondary N) is 1. The van der Waals surface area contributed by atoms with Crippen molar-refractivity contribution in [3.05, 3.63) is 63.1 Å². The maximum atomic E-state index is 12.8. The van der Waals surface area contributed by atoms with Crippen molar-refractivity contribution in [2.45, 2.75) is 25.4 Å². The summed E-state index contributed by atoms with van der Waals surface area (Å²) in [5.41, 5.74) is 5.08. The lowest BCUT2D eigenvalue weighted by Gasteiger charge is -2.18. The van der Waals surface area contributed by atoms with Crippen LogP contribution >= 0.6 is 23.2 Å². The summed E-state index contributed by atoms with van der Waals surface area (Å²) in [4.78, 5) is 0. The van der Waals surface area contributed by atoms with Crippen molar-refractivity contribution in [2.24, 2.45) is 5.10 Å². The highest BCUT2D eigenvalue weighted by Gasteiger charge is 2.32. The minimum absolute atomic E-state index is 0.122. The first-order valence-corrected chi connectivity index (χ1v) is 8.09. The minimum atomic E-state index is -4.50. The number of hydrogen-bond donors (Lipinski definition) is 1. The zero-order valence-corrected chi connectivity index (χ0v) is 13.9. The van der Waals surface area contributed by atoms with Crippen LogP contribution in [0.4, 0.5) is 18.9 Å². The van der Waals surface area contributed by atoms with E-state index in [0.717, 1.165) is 42.7 Å². The van der Waals surface area contributed by atoms with Gasteiger partial charge in [0, 0.05) is 5.56 Å². The monoisotopic (exact) mass is 372 g/mol. The number of alkyl halides is 3. The first kappa shape index (κ1) is 17.1. The van der Waals surface area contributed by atoms with E-state index in [1.807, 2.05) is 24.3 Å². The molecule has 2 aromatic rings. The van der Waals surface area contributed by atoms with E-state index >= 15 is 0 Å². The van der Waals surface area contributed by atoms with Crippen molar-refractivity contribution in [2.75, 3.05) is 5.43 Å². The largest absolute Gasteiger partial charge is 0.416 e. The molecule has 3 rings (SSSR count). The molecular formula is C17H13Cl2F3N2. The fraction of sp³-hybridized carbons (Fsp3) is 0.235. The van der Waals surface area contributed by atoms with Gasteiger partial charge < -0.3 is 0 Å². The number of nitrogens with zero attached hydrogens (tertiary/aromatic N) is 1. The van der Waals surface area contributed by atoms with E-state index < -0.39 is 11.7 Å². The van der Waals surface area contributed by atoms with Crippen LogP contribution in [0.25, 0.3) is 0 Å². The van der Waals surface area contributed by atoms with E-state index in [-0.39, 0.29) is 15.7 Å². The molecule has 126 valence electrons. The molecule has 1 N–H and O–H groups in total. The van der Waals surface area contributed by atoms with Crippen LogP contribution in [0.5, 0.6) is 0 Å². The van der Waals surface area contributed by atoms with Gasteiger partial charge in [0.25, 0.3) is 0 Å². The van der Waals surface area contributed by atoms with Gasteiger partial charge in [-0.3, -0.25) is 5.43 Å². The number of aryl methyl sites for hydroxylation is 1. The van der Waals surface area contributed by atoms with E-state index in [9.17, 15) is 13.2 Å². The Bertz CT molecular complexity index is 778. The summed E-state index contributed by atoms with van der Waals surface area (Å²) in [6.45, 7) is 0. The van der Waals surface area contributed by atoms with Crippen LogP contribution < -0.4 is 5.43 Å². The first-order valence-electron chi connectivity index (χ1n) is 7.33. The van der Waals surface area contributed by atoms with Crippen LogP contribution in [0.15, 0.2) is 41.5 Å². The highest BCUT2D eigenvalue weighted by atomic mass is 35.5. The lowest BCUT2D eigenvalue weighted by Crippen LogP contribution is -2.13. The summed E-state index contributed by atoms with van der Waals surface area (Å²) < 4.78 is 38.3. The molecule has 0 radical (unpaired) electrons. The topological polar surface area (TPSA) is 24.4 Å². The third-order valence-electron chi connectivity index (χ3n) is 3.86. The Balaban J connectivity index is 1.91. The molecule has 0 aromatic heterocycles. The number of hydrazone groups is 1. The molecule has 0 spiro atoms. The molecule has 0 amide bonds. The molecule has 0 aliphatic heterocycles. The molecule has 0 unspecified atom stereocenters. The highest BCUT2D eigenvalue weighted by molar-refractivity contribution is 6.39. The van der Waals surface area contributed by atoms with E-state index in [2.05, 4.69) is 10.5 Å². The number of fused-ring (bicyclic) bond motifs is 1. The lowest BCUT2D eigenvalue weighted by molar-refractivity contribution is -0.137. The summed E-state index contributed by atoms with van der Waals surface area (Å²) in [6, 6.07) is 9.60. The zero-order chi connectivity index (χ0) is 17.3. The number of anilines is 1. The number of halogens is 5. The van der Waals surface area contributed by atoms with Gasteiger partial charge in [0.2, 0.25) is 0 Å². The van der Waals surface area contributed by atoms with E-state index in [1.54, 1.807) is 0 Å². The number of hydrogen-bond acceptors (Lipinski definition) is 2. The van der Waals surface area contributed by atoms with Gasteiger partial charge in [-0.2, -0.15) is 18.3 Å². The third-order valence-corrected chi connectivity index (χ3v) is 4.46. The maximum absolute atomic E-state index is 12.8. The Labute approximate surface area is 147 Å². The predicted octanol–water partition coefficient (Wildman–Crippen LogP) is 6.16. The van der Waals surface area contributed by atoms with Crippen LogP contribution in [-0.4, -0.2) is 5.71 Å². The van der Waals surface area contributed by atoms with Crippen molar-refractivity contribution >= 4 is 34.6 Å². The quantitative estimate of drug-likeness (QED) is 0.626. The van der Waals surface area contributed by atoms with Gasteiger partial charge in [0.1, 0.15) is 0 Å². The molecule has 0 saturated heterocycles. The molecule has 2 aromatic carbocycles. The van der Waals surface area contributed by atoms with Crippen LogP contribution in [0, 0.1) is 0 Å². The Morgan fingerprint density at radius 3 is 2.33 bits per heavy atom. The van der Waals surface area contributed by atoms with Gasteiger partial charge >= 0.3 is 6.18 Å². The van der Waals surface area contributed by atoms with Gasteiger partial charge in [-0.15, -0.1) is 0 Å². The molecule has 1 aliphatic carbocycles. The molecule has 0 fully saturated rings. The predicted molar refractivity (Wildman–Crippen MR) is 91.0 cm³/mol. The molecule has 0 saturated carbocycles. The van der Waals surface area contributed by atoms with E-state index in [4.69, 9.17) is 23.2 Å². The molecule has 0 atom stereocenters. The first-order chi connectivity index (χ1) is 11.4. The van der Waals surface area contributed by atoms with Gasteiger partial charge in [0.05, 0.1) is 27.0 Å². The fourth-order valence-electron chi connectivity index (χ4n) is 2.68. The van der Waals surface area contributed by atoms with Crippen molar-refractivity contribution in [1.29, 1.82) is 0 Å². The average molecular weight is 373 g/mol. The van der Waals surface area contributed by atoms with Crippen LogP contribution in [0.2, 0.25) is 10.0 Å². The molecule has 0 bridgehead atoms. The zero-order valence-electron chi connectivity index (χ0n) is 12.4. The molecule has 24 heavy (non-hydrogen) atoms. The maximum Gasteiger partial charge on any atom is 0.416 e. The fourth-order valence-corrected chi connectivity index (χ4v) is 3.26. The van der Waals surface area contributed by atoms with Gasteiger partial charge in [-0.05, 0) is 37.0 Å². The van der Waals surface area contributed by atoms with Gasteiger partial charge in [0.15, 0.2) is 0 Å². The Morgan fingerprint density at radius 1 is 1.00 bits per heavy atom. The van der Waals surface area contributed by atoms with Crippen molar-refractivity contribution in [1.82, 2.24) is 0 Å². The van der Waals surface area contributed by atoms with Crippen LogP contribution in [-0.2, 0) is 12.6 Å². The minimum Gasteiger partial charge on any atom is -0.275 e. The SMILES string of the molecule is FC(F)(F)c1cc(Cl)c(NN=C2CCCc3ccccc32)c(Cl)c1. The summed E-state index contributed by atoms with van der Waals surface area (Å²) in [6.07, 6.45) is -1.77. The Morgan fingerprint density at radius 2 is 1.67 bits per heavy atom. The lowest BCUT2D eigenvalue weighted by atomic mass is 9.90. The normalized spacial score (nSPS) is 16.1. The molecule has 0 heterocycles. The van der Waals surface area contributed by atoms with E-state index in [1.165, 1.54) is 5.56 Å². The van der Waals surface area contributed by atoms with Crippen molar-refractivity contribution in [3.8, 4) is 0 Å². The number of rotatable bonds is 2. The molecule has 7 heteroatoms. The Kier molecular flexibility index (Phi) is 4.74. The summed E-state index contributed by atoms with van der Waals surface area (Å²) in [5, 5.41) is 4.08. The summed E-state index contributed by atoms with van der Waals surface area (Å²) in [7, 11) is 0. The smallest absolute Gasteiger partial charge is 0.275 e.